The third kappa shape index (κ3) is 1.25. The van der Waals surface area contributed by atoms with E-state index in [9.17, 15) is 9.59 Å². The van der Waals surface area contributed by atoms with Gasteiger partial charge in [-0.15, -0.1) is 0 Å². The van der Waals surface area contributed by atoms with Gasteiger partial charge >= 0.3 is 0 Å². The Morgan fingerprint density at radius 2 is 2.33 bits per heavy atom. The molecule has 1 aromatic heterocycles. The highest BCUT2D eigenvalue weighted by Crippen LogP contribution is 1.83. The van der Waals surface area contributed by atoms with E-state index in [-0.39, 0.29) is 11.1 Å². The lowest BCUT2D eigenvalue weighted by Crippen LogP contribution is -2.03. The molecule has 0 aliphatic carbocycles. The van der Waals surface area contributed by atoms with E-state index in [0.717, 1.165) is 0 Å². The van der Waals surface area contributed by atoms with E-state index < -0.39 is 0 Å². The summed E-state index contributed by atoms with van der Waals surface area (Å²) in [6, 6.07) is 2.67. The van der Waals surface area contributed by atoms with Gasteiger partial charge in [0.25, 0.3) is 0 Å². The highest BCUT2D eigenvalue weighted by Gasteiger charge is 1.87. The molecule has 0 aliphatic heterocycles. The first-order valence-electron chi connectivity index (χ1n) is 2.40. The monoisotopic (exact) mass is 122 g/mol. The van der Waals surface area contributed by atoms with Crippen LogP contribution in [-0.4, -0.2) is 11.3 Å². The minimum absolute atomic E-state index is 0.277. The molecule has 1 N–H and O–H groups in total. The zero-order chi connectivity index (χ0) is 6.69. The van der Waals surface area contributed by atoms with Crippen LogP contribution >= 0.6 is 0 Å². The Morgan fingerprint density at radius 1 is 1.56 bits per heavy atom. The van der Waals surface area contributed by atoms with E-state index in [0.29, 0.717) is 0 Å². The summed E-state index contributed by atoms with van der Waals surface area (Å²) in [4.78, 5) is 22.7. The molecule has 0 aliphatic rings. The van der Waals surface area contributed by atoms with Gasteiger partial charge in [-0.25, -0.2) is 0 Å². The molecular weight excluding hydrogens is 118 g/mol. The van der Waals surface area contributed by atoms with Crippen molar-refractivity contribution < 1.29 is 4.79 Å². The Bertz CT molecular complexity index is 264. The zero-order valence-electron chi connectivity index (χ0n) is 4.55. The molecule has 0 aromatic carbocycles. The van der Waals surface area contributed by atoms with E-state index in [2.05, 4.69) is 4.98 Å². The van der Waals surface area contributed by atoms with Crippen molar-refractivity contribution in [2.24, 2.45) is 0 Å². The molecule has 3 heteroatoms. The van der Waals surface area contributed by atoms with Gasteiger partial charge in [0.05, 0.1) is 0 Å². The van der Waals surface area contributed by atoms with Crippen molar-refractivity contribution in [3.05, 3.63) is 34.2 Å². The normalized spacial score (nSPS) is 8.89. The van der Waals surface area contributed by atoms with Gasteiger partial charge in [0, 0.05) is 17.8 Å². The van der Waals surface area contributed by atoms with Crippen molar-refractivity contribution in [2.75, 3.05) is 0 Å². The molecule has 0 atom stereocenters. The van der Waals surface area contributed by atoms with E-state index >= 15 is 0 Å². The zero-order valence-corrected chi connectivity index (χ0v) is 4.55. The number of carbonyl (C=O) groups excluding carboxylic acids is 1. The summed E-state index contributed by atoms with van der Waals surface area (Å²) in [6.45, 7) is 0. The van der Waals surface area contributed by atoms with Gasteiger partial charge in [-0.2, -0.15) is 0 Å². The molecule has 1 rings (SSSR count). The molecule has 3 nitrogen and oxygen atoms in total. The molecule has 0 unspecified atom stereocenters. The largest absolute Gasteiger partial charge is 0.329 e. The number of aromatic nitrogens is 1. The maximum atomic E-state index is 10.4. The molecule has 0 bridgehead atoms. The van der Waals surface area contributed by atoms with Crippen LogP contribution in [0.15, 0.2) is 23.1 Å². The molecule has 0 saturated carbocycles. The first-order valence-corrected chi connectivity index (χ1v) is 2.40. The number of aromatic amines is 1. The van der Waals surface area contributed by atoms with Gasteiger partial charge in [0.15, 0.2) is 0 Å². The first-order chi connectivity index (χ1) is 4.33. The van der Waals surface area contributed by atoms with E-state index in [4.69, 9.17) is 0 Å². The summed E-state index contributed by atoms with van der Waals surface area (Å²) in [7, 11) is 0. The highest BCUT2D eigenvalue weighted by atomic mass is 16.1. The summed E-state index contributed by atoms with van der Waals surface area (Å²) in [5, 5.41) is 0. The average molecular weight is 122 g/mol. The van der Waals surface area contributed by atoms with Crippen LogP contribution in [0.4, 0.5) is 0 Å². The summed E-state index contributed by atoms with van der Waals surface area (Å²) < 4.78 is 0. The molecule has 1 aromatic rings. The number of hydrogen-bond donors (Lipinski definition) is 1. The maximum absolute atomic E-state index is 10.4. The Hall–Kier alpha value is -1.38. The van der Waals surface area contributed by atoms with Crippen molar-refractivity contribution in [3.63, 3.8) is 0 Å². The average Bonchev–Trinajstić information content (AvgIpc) is 1.88. The molecule has 0 spiro atoms. The van der Waals surface area contributed by atoms with Gasteiger partial charge in [-0.1, -0.05) is 0 Å². The Balaban J connectivity index is 3.23. The molecule has 1 heterocycles. The van der Waals surface area contributed by atoms with Crippen LogP contribution in [0.1, 0.15) is 5.56 Å². The van der Waals surface area contributed by atoms with Crippen LogP contribution in [0.25, 0.3) is 0 Å². The second-order valence-corrected chi connectivity index (χ2v) is 1.54. The first kappa shape index (κ1) is 5.75. The number of rotatable bonds is 1. The van der Waals surface area contributed by atoms with E-state index in [1.54, 1.807) is 6.29 Å². The van der Waals surface area contributed by atoms with E-state index in [1.807, 2.05) is 0 Å². The molecule has 0 saturated heterocycles. The van der Waals surface area contributed by atoms with Gasteiger partial charge in [0.1, 0.15) is 0 Å². The lowest BCUT2D eigenvalue weighted by Gasteiger charge is -1.81. The Labute approximate surface area is 51.3 Å². The van der Waals surface area contributed by atoms with Crippen molar-refractivity contribution >= 4 is 6.29 Å². The standard InChI is InChI=1S/C6H4NO2/c8-4-5-1-2-7-6(9)3-5/h1-3H,(H,7,9). The number of nitrogens with one attached hydrogen (secondary N) is 1. The van der Waals surface area contributed by atoms with Crippen LogP contribution in [-0.2, 0) is 4.79 Å². The molecule has 0 amide bonds. The molecule has 1 radical (unpaired) electrons. The SMILES string of the molecule is O=[C]c1cc[nH]c(=O)c1. The predicted octanol–water partition coefficient (Wildman–Crippen LogP) is -0.167. The lowest BCUT2D eigenvalue weighted by molar-refractivity contribution is 0.562. The van der Waals surface area contributed by atoms with Crippen LogP contribution in [0.2, 0.25) is 0 Å². The van der Waals surface area contributed by atoms with Crippen LogP contribution in [0.5, 0.6) is 0 Å². The molecule has 9 heavy (non-hydrogen) atoms. The minimum atomic E-state index is -0.282. The van der Waals surface area contributed by atoms with Crippen molar-refractivity contribution in [1.82, 2.24) is 4.98 Å². The summed E-state index contributed by atoms with van der Waals surface area (Å²) in [5.74, 6) is 0. The minimum Gasteiger partial charge on any atom is -0.329 e. The fourth-order valence-electron chi connectivity index (χ4n) is 0.508. The number of H-pyrrole nitrogens is 1. The second-order valence-electron chi connectivity index (χ2n) is 1.54. The smallest absolute Gasteiger partial charge is 0.248 e. The fourth-order valence-corrected chi connectivity index (χ4v) is 0.508. The highest BCUT2D eigenvalue weighted by molar-refractivity contribution is 5.74. The van der Waals surface area contributed by atoms with Gasteiger partial charge in [-0.05, 0) is 6.07 Å². The predicted molar refractivity (Wildman–Crippen MR) is 31.9 cm³/mol. The molecule has 45 valence electrons. The fraction of sp³-hybridized carbons (Fsp3) is 0. The van der Waals surface area contributed by atoms with Crippen LogP contribution in [0, 0.1) is 0 Å². The van der Waals surface area contributed by atoms with Crippen LogP contribution < -0.4 is 5.56 Å². The van der Waals surface area contributed by atoms with Crippen molar-refractivity contribution in [3.8, 4) is 0 Å². The van der Waals surface area contributed by atoms with Crippen molar-refractivity contribution in [2.45, 2.75) is 0 Å². The Morgan fingerprint density at radius 3 is 2.78 bits per heavy atom. The maximum Gasteiger partial charge on any atom is 0.248 e. The van der Waals surface area contributed by atoms with Gasteiger partial charge < -0.3 is 4.98 Å². The Kier molecular flexibility index (Phi) is 1.44. The quantitative estimate of drug-likeness (QED) is 0.562. The van der Waals surface area contributed by atoms with Crippen LogP contribution in [0.3, 0.4) is 0 Å². The summed E-state index contributed by atoms with van der Waals surface area (Å²) in [6.07, 6.45) is 3.00. The van der Waals surface area contributed by atoms with Crippen molar-refractivity contribution in [1.29, 1.82) is 0 Å². The summed E-state index contributed by atoms with van der Waals surface area (Å²) >= 11 is 0. The number of pyridine rings is 1. The third-order valence-electron chi connectivity index (χ3n) is 0.893. The van der Waals surface area contributed by atoms with E-state index in [1.165, 1.54) is 18.3 Å². The number of hydrogen-bond acceptors (Lipinski definition) is 2. The lowest BCUT2D eigenvalue weighted by atomic mass is 10.3. The van der Waals surface area contributed by atoms with Gasteiger partial charge in [0.2, 0.25) is 11.8 Å². The second kappa shape index (κ2) is 2.26. The summed E-state index contributed by atoms with van der Waals surface area (Å²) in [5.41, 5.74) is -0.00500. The molecule has 0 fully saturated rings. The third-order valence-corrected chi connectivity index (χ3v) is 0.893. The molecular formula is C6H4NO2. The topological polar surface area (TPSA) is 49.9 Å². The van der Waals surface area contributed by atoms with Gasteiger partial charge in [-0.3, -0.25) is 9.59 Å².